The van der Waals surface area contributed by atoms with Crippen LogP contribution >= 0.6 is 11.8 Å². The molecule has 35 heavy (non-hydrogen) atoms. The summed E-state index contributed by atoms with van der Waals surface area (Å²) in [6, 6.07) is 20.9. The fourth-order valence-corrected chi connectivity index (χ4v) is 4.44. The van der Waals surface area contributed by atoms with Gasteiger partial charge < -0.3 is 19.2 Å². The summed E-state index contributed by atoms with van der Waals surface area (Å²) >= 11 is 1.24. The molecule has 0 radical (unpaired) electrons. The number of esters is 1. The Morgan fingerprint density at radius 2 is 1.89 bits per heavy atom. The van der Waals surface area contributed by atoms with Crippen LogP contribution < -0.4 is 0 Å². The topological polar surface area (TPSA) is 119 Å². The summed E-state index contributed by atoms with van der Waals surface area (Å²) in [6.07, 6.45) is 1.58. The van der Waals surface area contributed by atoms with Crippen LogP contribution in [0.3, 0.4) is 0 Å². The average molecular weight is 488 g/mol. The molecule has 0 aliphatic heterocycles. The smallest absolute Gasteiger partial charge is 0.345 e. The maximum absolute atomic E-state index is 12.6. The highest BCUT2D eigenvalue weighted by atomic mass is 32.2. The van der Waals surface area contributed by atoms with Crippen molar-refractivity contribution in [3.05, 3.63) is 90.1 Å². The van der Waals surface area contributed by atoms with E-state index in [1.54, 1.807) is 12.3 Å². The molecule has 9 nitrogen and oxygen atoms in total. The zero-order chi connectivity index (χ0) is 24.2. The molecule has 0 saturated heterocycles. The van der Waals surface area contributed by atoms with E-state index in [0.29, 0.717) is 28.8 Å². The summed E-state index contributed by atoms with van der Waals surface area (Å²) in [7, 11) is 1.26. The van der Waals surface area contributed by atoms with Crippen LogP contribution in [0.15, 0.2) is 88.3 Å². The number of aliphatic hydroxyl groups is 1. The third-order valence-corrected chi connectivity index (χ3v) is 6.26. The van der Waals surface area contributed by atoms with E-state index in [0.717, 1.165) is 11.1 Å². The van der Waals surface area contributed by atoms with Gasteiger partial charge in [0.25, 0.3) is 0 Å². The number of ether oxygens (including phenoxy) is 1. The number of imidazole rings is 1. The first-order valence-corrected chi connectivity index (χ1v) is 11.7. The Morgan fingerprint density at radius 3 is 2.63 bits per heavy atom. The number of H-pyrrole nitrogens is 1. The monoisotopic (exact) mass is 487 g/mol. The van der Waals surface area contributed by atoms with E-state index in [2.05, 4.69) is 20.2 Å². The van der Waals surface area contributed by atoms with Crippen LogP contribution in [0.4, 0.5) is 0 Å². The van der Waals surface area contributed by atoms with Crippen molar-refractivity contribution in [3.63, 3.8) is 0 Å². The van der Waals surface area contributed by atoms with Gasteiger partial charge in [0.05, 0.1) is 36.7 Å². The molecule has 2 aromatic carbocycles. The molecule has 3 heterocycles. The molecule has 0 saturated carbocycles. The lowest BCUT2D eigenvalue weighted by molar-refractivity contribution is -0.133. The highest BCUT2D eigenvalue weighted by Gasteiger charge is 2.23. The number of nitrogens with zero attached hydrogens (tertiary/aromatic N) is 4. The van der Waals surface area contributed by atoms with Gasteiger partial charge in [0.15, 0.2) is 10.9 Å². The number of fused-ring (bicyclic) bond motifs is 1. The molecule has 5 rings (SSSR count). The summed E-state index contributed by atoms with van der Waals surface area (Å²) in [4.78, 5) is 20.1. The van der Waals surface area contributed by atoms with Gasteiger partial charge in [-0.05, 0) is 29.8 Å². The van der Waals surface area contributed by atoms with Crippen LogP contribution in [-0.2, 0) is 16.1 Å². The summed E-state index contributed by atoms with van der Waals surface area (Å²) in [6.45, 7) is 0.504. The Bertz CT molecular complexity index is 1460. The normalized spacial score (nSPS) is 12.0. The van der Waals surface area contributed by atoms with Gasteiger partial charge in [-0.1, -0.05) is 54.2 Å². The molecule has 0 atom stereocenters. The Kier molecular flexibility index (Phi) is 6.36. The molecule has 10 heteroatoms. The number of hydrogen-bond acceptors (Lipinski definition) is 8. The van der Waals surface area contributed by atoms with Crippen LogP contribution in [0.5, 0.6) is 0 Å². The molecule has 0 aliphatic carbocycles. The number of methoxy groups -OCH3 is 1. The first-order valence-electron chi connectivity index (χ1n) is 10.7. The minimum atomic E-state index is -0.691. The zero-order valence-corrected chi connectivity index (χ0v) is 19.5. The van der Waals surface area contributed by atoms with Gasteiger partial charge in [-0.25, -0.2) is 9.78 Å². The molecule has 5 aromatic rings. The number of carbonyl (C=O) groups is 1. The highest BCUT2D eigenvalue weighted by Crippen LogP contribution is 2.28. The van der Waals surface area contributed by atoms with Gasteiger partial charge >= 0.3 is 5.97 Å². The molecule has 2 N–H and O–H groups in total. The number of rotatable bonds is 8. The number of thioether (sulfide) groups is 1. The maximum Gasteiger partial charge on any atom is 0.345 e. The maximum atomic E-state index is 12.6. The summed E-state index contributed by atoms with van der Waals surface area (Å²) in [5.74, 6) is 0.553. The molecule has 0 aliphatic rings. The number of benzene rings is 2. The largest absolute Gasteiger partial charge is 0.510 e. The van der Waals surface area contributed by atoms with Crippen molar-refractivity contribution in [1.29, 1.82) is 0 Å². The number of aliphatic hydroxyl groups excluding tert-OH is 1. The molecule has 3 aromatic heterocycles. The lowest BCUT2D eigenvalue weighted by atomic mass is 10.2. The zero-order valence-electron chi connectivity index (χ0n) is 18.7. The van der Waals surface area contributed by atoms with Crippen molar-refractivity contribution in [2.24, 2.45) is 0 Å². The minimum absolute atomic E-state index is 0.0309. The number of furan rings is 1. The van der Waals surface area contributed by atoms with Gasteiger partial charge in [-0.15, -0.1) is 10.2 Å². The standard InChI is InChI=1S/C25H21N5O4S/c1-33-24(32)21(22-26-17-10-5-6-11-18(17)27-22)19(31)15-35-25-29-28-23(20-12-7-13-34-20)30(25)14-16-8-3-2-4-9-16/h2-13,31H,14-15H2,1H3,(H,26,27)/b21-19+. The number of hydrogen-bond donors (Lipinski definition) is 2. The molecule has 0 bridgehead atoms. The number of carbonyl (C=O) groups excluding carboxylic acids is 1. The summed E-state index contributed by atoms with van der Waals surface area (Å²) in [5.41, 5.74) is 2.45. The van der Waals surface area contributed by atoms with E-state index >= 15 is 0 Å². The molecule has 0 spiro atoms. The molecular formula is C25H21N5O4S. The second-order valence-corrected chi connectivity index (χ2v) is 8.50. The first-order chi connectivity index (χ1) is 17.1. The second-order valence-electron chi connectivity index (χ2n) is 7.56. The Balaban J connectivity index is 1.47. The predicted molar refractivity (Wildman–Crippen MR) is 132 cm³/mol. The lowest BCUT2D eigenvalue weighted by Gasteiger charge is -2.10. The fraction of sp³-hybridized carbons (Fsp3) is 0.120. The SMILES string of the molecule is COC(=O)/C(=C(/O)CSc1nnc(-c2ccco2)n1Cc1ccccc1)c1nc2ccccc2[nH]1. The number of nitrogens with one attached hydrogen (secondary N) is 1. The van der Waals surface area contributed by atoms with Crippen molar-refractivity contribution in [2.75, 3.05) is 12.9 Å². The van der Waals surface area contributed by atoms with Crippen LogP contribution in [0.2, 0.25) is 0 Å². The van der Waals surface area contributed by atoms with Crippen LogP contribution in [0, 0.1) is 0 Å². The van der Waals surface area contributed by atoms with E-state index in [1.807, 2.05) is 65.2 Å². The fourth-order valence-electron chi connectivity index (χ4n) is 3.62. The number of aromatic nitrogens is 5. The molecule has 176 valence electrons. The minimum Gasteiger partial charge on any atom is -0.510 e. The van der Waals surface area contributed by atoms with Gasteiger partial charge in [0.2, 0.25) is 5.82 Å². The van der Waals surface area contributed by atoms with E-state index in [4.69, 9.17) is 9.15 Å². The van der Waals surface area contributed by atoms with Crippen molar-refractivity contribution in [2.45, 2.75) is 11.7 Å². The van der Waals surface area contributed by atoms with Gasteiger partial charge in [0.1, 0.15) is 17.2 Å². The number of aromatic amines is 1. The first kappa shape index (κ1) is 22.5. The Hall–Kier alpha value is -4.31. The molecule has 0 amide bonds. The molecular weight excluding hydrogens is 466 g/mol. The van der Waals surface area contributed by atoms with E-state index in [9.17, 15) is 9.90 Å². The van der Waals surface area contributed by atoms with E-state index in [1.165, 1.54) is 18.9 Å². The predicted octanol–water partition coefficient (Wildman–Crippen LogP) is 4.70. The van der Waals surface area contributed by atoms with Gasteiger partial charge in [-0.3, -0.25) is 4.57 Å². The van der Waals surface area contributed by atoms with E-state index < -0.39 is 5.97 Å². The highest BCUT2D eigenvalue weighted by molar-refractivity contribution is 7.99. The summed E-state index contributed by atoms with van der Waals surface area (Å²) in [5, 5.41) is 20.1. The van der Waals surface area contributed by atoms with Crippen molar-refractivity contribution in [3.8, 4) is 11.6 Å². The molecule has 0 fully saturated rings. The van der Waals surface area contributed by atoms with Crippen molar-refractivity contribution >= 4 is 34.3 Å². The Morgan fingerprint density at radius 1 is 1.09 bits per heavy atom. The number of para-hydroxylation sites is 2. The third-order valence-electron chi connectivity index (χ3n) is 5.28. The Labute approximate surface area is 204 Å². The molecule has 0 unspecified atom stereocenters. The average Bonchev–Trinajstić information content (AvgIpc) is 3.63. The summed E-state index contributed by atoms with van der Waals surface area (Å²) < 4.78 is 12.4. The lowest BCUT2D eigenvalue weighted by Crippen LogP contribution is -2.10. The van der Waals surface area contributed by atoms with Crippen molar-refractivity contribution in [1.82, 2.24) is 24.7 Å². The van der Waals surface area contributed by atoms with Crippen LogP contribution in [-0.4, -0.2) is 48.7 Å². The van der Waals surface area contributed by atoms with E-state index in [-0.39, 0.29) is 22.9 Å². The van der Waals surface area contributed by atoms with Crippen molar-refractivity contribution < 1.29 is 19.1 Å². The second kappa shape index (κ2) is 9.90. The quantitative estimate of drug-likeness (QED) is 0.140. The van der Waals surface area contributed by atoms with Crippen LogP contribution in [0.1, 0.15) is 11.4 Å². The van der Waals surface area contributed by atoms with Crippen LogP contribution in [0.25, 0.3) is 28.2 Å². The van der Waals surface area contributed by atoms with Gasteiger partial charge in [0, 0.05) is 0 Å². The third kappa shape index (κ3) is 4.69. The van der Waals surface area contributed by atoms with Gasteiger partial charge in [-0.2, -0.15) is 0 Å².